The molecule has 1 aliphatic carbocycles. The number of rotatable bonds is 5. The first-order chi connectivity index (χ1) is 17.6. The lowest BCUT2D eigenvalue weighted by Gasteiger charge is -2.26. The predicted octanol–water partition coefficient (Wildman–Crippen LogP) is 4.13. The molecule has 0 amide bonds. The average molecular weight is 481 g/mol. The number of nitrogens with zero attached hydrogens (tertiary/aromatic N) is 7. The first kappa shape index (κ1) is 21.0. The van der Waals surface area contributed by atoms with E-state index in [1.165, 1.54) is 6.33 Å². The molecular formula is C26H24N8O2. The number of benzene rings is 2. The molecule has 2 atom stereocenters. The van der Waals surface area contributed by atoms with Crippen LogP contribution < -0.4 is 15.0 Å². The second kappa shape index (κ2) is 8.13. The number of anilines is 3. The average Bonchev–Trinajstić information content (AvgIpc) is 3.61. The summed E-state index contributed by atoms with van der Waals surface area (Å²) in [5.74, 6) is 2.86. The van der Waals surface area contributed by atoms with Crippen LogP contribution in [0.5, 0.6) is 11.5 Å². The largest absolute Gasteiger partial charge is 0.457 e. The molecule has 2 fully saturated rings. The molecule has 1 saturated carbocycles. The van der Waals surface area contributed by atoms with Crippen LogP contribution in [0.2, 0.25) is 0 Å². The summed E-state index contributed by atoms with van der Waals surface area (Å²) in [6.45, 7) is 3.50. The molecule has 7 rings (SSSR count). The zero-order valence-corrected chi connectivity index (χ0v) is 19.9. The van der Waals surface area contributed by atoms with Crippen molar-refractivity contribution in [1.82, 2.24) is 29.5 Å². The topological polar surface area (TPSA) is 103 Å². The minimum absolute atomic E-state index is 0.303. The van der Waals surface area contributed by atoms with E-state index in [2.05, 4.69) is 30.2 Å². The second-order valence-corrected chi connectivity index (χ2v) is 9.25. The summed E-state index contributed by atoms with van der Waals surface area (Å²) in [6.07, 6.45) is 6.42. The van der Waals surface area contributed by atoms with Gasteiger partial charge in [0.25, 0.3) is 0 Å². The Hall–Kier alpha value is -4.31. The van der Waals surface area contributed by atoms with Gasteiger partial charge in [0.15, 0.2) is 5.82 Å². The van der Waals surface area contributed by atoms with Gasteiger partial charge in [-0.2, -0.15) is 0 Å². The first-order valence-corrected chi connectivity index (χ1v) is 11.9. The minimum atomic E-state index is 0.303. The molecule has 0 unspecified atom stereocenters. The fourth-order valence-electron chi connectivity index (χ4n) is 4.74. The summed E-state index contributed by atoms with van der Waals surface area (Å²) in [7, 11) is 1.98. The van der Waals surface area contributed by atoms with Gasteiger partial charge in [-0.15, -0.1) is 0 Å². The number of imidazole rings is 1. The molecule has 1 saturated heterocycles. The highest BCUT2D eigenvalue weighted by Gasteiger charge is 2.46. The summed E-state index contributed by atoms with van der Waals surface area (Å²) in [4.78, 5) is 24.9. The van der Waals surface area contributed by atoms with E-state index < -0.39 is 0 Å². The summed E-state index contributed by atoms with van der Waals surface area (Å²) in [5.41, 5.74) is 5.22. The minimum Gasteiger partial charge on any atom is -0.457 e. The standard InChI is InChI=1S/C26H24N8O2/c1-15-9-16(3-6-22(15)36-17-4-5-20-18(10-17)30-14-33(20)2)31-25-24-19(28-13-29-25)12-27-26(32-24)34-7-8-35-23-11-21(23)34/h3-6,9-10,12-14,21,23H,7-8,11H2,1-2H3,(H,28,29,31)/t21-,23+/m0/s1. The lowest BCUT2D eigenvalue weighted by Crippen LogP contribution is -2.37. The van der Waals surface area contributed by atoms with Gasteiger partial charge in [0.1, 0.15) is 28.9 Å². The molecule has 10 nitrogen and oxygen atoms in total. The number of aromatic nitrogens is 6. The number of morpholine rings is 1. The number of hydrogen-bond acceptors (Lipinski definition) is 9. The fraction of sp³-hybridized carbons (Fsp3) is 0.269. The molecule has 5 aromatic rings. The normalized spacial score (nSPS) is 18.9. The van der Waals surface area contributed by atoms with Gasteiger partial charge >= 0.3 is 0 Å². The van der Waals surface area contributed by atoms with Crippen LogP contribution in [0.25, 0.3) is 22.1 Å². The van der Waals surface area contributed by atoms with E-state index in [1.54, 1.807) is 12.5 Å². The maximum atomic E-state index is 6.16. The zero-order chi connectivity index (χ0) is 24.2. The lowest BCUT2D eigenvalue weighted by atomic mass is 10.2. The van der Waals surface area contributed by atoms with E-state index in [-0.39, 0.29) is 0 Å². The van der Waals surface area contributed by atoms with Crippen LogP contribution >= 0.6 is 0 Å². The summed E-state index contributed by atoms with van der Waals surface area (Å²) in [5, 5.41) is 3.40. The van der Waals surface area contributed by atoms with E-state index >= 15 is 0 Å². The van der Waals surface area contributed by atoms with Crippen molar-refractivity contribution < 1.29 is 9.47 Å². The van der Waals surface area contributed by atoms with Crippen LogP contribution in [0.4, 0.5) is 17.5 Å². The molecule has 3 aromatic heterocycles. The van der Waals surface area contributed by atoms with Crippen LogP contribution in [0.1, 0.15) is 12.0 Å². The maximum Gasteiger partial charge on any atom is 0.226 e. The number of fused-ring (bicyclic) bond motifs is 3. The Labute approximate surface area is 207 Å². The first-order valence-electron chi connectivity index (χ1n) is 11.9. The molecule has 1 aliphatic heterocycles. The Morgan fingerprint density at radius 3 is 2.92 bits per heavy atom. The Kier molecular flexibility index (Phi) is 4.74. The highest BCUT2D eigenvalue weighted by Crippen LogP contribution is 2.37. The summed E-state index contributed by atoms with van der Waals surface area (Å²) >= 11 is 0. The molecule has 0 spiro atoms. The van der Waals surface area contributed by atoms with Crippen molar-refractivity contribution in [3.05, 3.63) is 60.8 Å². The third-order valence-electron chi connectivity index (χ3n) is 6.75. The quantitative estimate of drug-likeness (QED) is 0.398. The monoisotopic (exact) mass is 480 g/mol. The molecule has 1 N–H and O–H groups in total. The maximum absolute atomic E-state index is 6.16. The number of nitrogens with one attached hydrogen (secondary N) is 1. The summed E-state index contributed by atoms with van der Waals surface area (Å²) < 4.78 is 13.9. The van der Waals surface area contributed by atoms with Crippen molar-refractivity contribution in [1.29, 1.82) is 0 Å². The van der Waals surface area contributed by atoms with E-state index in [1.807, 2.05) is 54.9 Å². The van der Waals surface area contributed by atoms with Gasteiger partial charge in [0.05, 0.1) is 42.3 Å². The van der Waals surface area contributed by atoms with Gasteiger partial charge in [-0.05, 0) is 49.2 Å². The Bertz CT molecular complexity index is 1620. The van der Waals surface area contributed by atoms with Crippen molar-refractivity contribution in [3.63, 3.8) is 0 Å². The van der Waals surface area contributed by atoms with Crippen LogP contribution in [-0.2, 0) is 11.8 Å². The number of aryl methyl sites for hydroxylation is 2. The molecule has 36 heavy (non-hydrogen) atoms. The highest BCUT2D eigenvalue weighted by molar-refractivity contribution is 5.87. The highest BCUT2D eigenvalue weighted by atomic mass is 16.5. The van der Waals surface area contributed by atoms with Crippen LogP contribution in [0, 0.1) is 6.92 Å². The van der Waals surface area contributed by atoms with E-state index in [0.29, 0.717) is 41.6 Å². The van der Waals surface area contributed by atoms with Crippen molar-refractivity contribution in [2.24, 2.45) is 7.05 Å². The molecule has 10 heteroatoms. The molecular weight excluding hydrogens is 456 g/mol. The van der Waals surface area contributed by atoms with Gasteiger partial charge in [0, 0.05) is 25.3 Å². The van der Waals surface area contributed by atoms with Crippen molar-refractivity contribution >= 4 is 39.5 Å². The van der Waals surface area contributed by atoms with Gasteiger partial charge in [-0.25, -0.2) is 24.9 Å². The molecule has 180 valence electrons. The molecule has 2 aromatic carbocycles. The fourth-order valence-corrected chi connectivity index (χ4v) is 4.74. The van der Waals surface area contributed by atoms with Crippen molar-refractivity contribution in [2.45, 2.75) is 25.5 Å². The van der Waals surface area contributed by atoms with Gasteiger partial charge in [-0.3, -0.25) is 0 Å². The predicted molar refractivity (Wildman–Crippen MR) is 136 cm³/mol. The molecule has 0 radical (unpaired) electrons. The third kappa shape index (κ3) is 3.66. The lowest BCUT2D eigenvalue weighted by molar-refractivity contribution is 0.102. The van der Waals surface area contributed by atoms with Gasteiger partial charge in [-0.1, -0.05) is 0 Å². The van der Waals surface area contributed by atoms with E-state index in [0.717, 1.165) is 46.7 Å². The van der Waals surface area contributed by atoms with Crippen LogP contribution in [-0.4, -0.2) is 54.8 Å². The molecule has 2 aliphatic rings. The van der Waals surface area contributed by atoms with E-state index in [9.17, 15) is 0 Å². The smallest absolute Gasteiger partial charge is 0.226 e. The number of hydrogen-bond donors (Lipinski definition) is 1. The van der Waals surface area contributed by atoms with Gasteiger partial charge in [0.2, 0.25) is 5.95 Å². The Morgan fingerprint density at radius 2 is 2.00 bits per heavy atom. The number of ether oxygens (including phenoxy) is 2. The Balaban J connectivity index is 1.14. The zero-order valence-electron chi connectivity index (χ0n) is 19.9. The molecule has 4 heterocycles. The van der Waals surface area contributed by atoms with Crippen molar-refractivity contribution in [2.75, 3.05) is 23.4 Å². The van der Waals surface area contributed by atoms with Crippen LogP contribution in [0.15, 0.2) is 55.2 Å². The van der Waals surface area contributed by atoms with E-state index in [4.69, 9.17) is 14.5 Å². The SMILES string of the molecule is Cc1cc(Nc2ncnc3cnc(N4CCO[C@@H]5C[C@@H]54)nc23)ccc1Oc1ccc2c(c1)ncn2C. The molecule has 0 bridgehead atoms. The van der Waals surface area contributed by atoms with Gasteiger partial charge < -0.3 is 24.3 Å². The second-order valence-electron chi connectivity index (χ2n) is 9.25. The van der Waals surface area contributed by atoms with Crippen molar-refractivity contribution in [3.8, 4) is 11.5 Å². The Morgan fingerprint density at radius 1 is 1.06 bits per heavy atom. The van der Waals surface area contributed by atoms with Crippen LogP contribution in [0.3, 0.4) is 0 Å². The third-order valence-corrected chi connectivity index (χ3v) is 6.75. The summed E-state index contributed by atoms with van der Waals surface area (Å²) in [6, 6.07) is 12.2.